The van der Waals surface area contributed by atoms with Gasteiger partial charge in [0.25, 0.3) is 0 Å². The van der Waals surface area contributed by atoms with Crippen molar-refractivity contribution in [2.24, 2.45) is 0 Å². The van der Waals surface area contributed by atoms with E-state index in [2.05, 4.69) is 53.4 Å². The van der Waals surface area contributed by atoms with Crippen LogP contribution in [0, 0.1) is 11.3 Å². The molecule has 1 atom stereocenters. The predicted molar refractivity (Wildman–Crippen MR) is 113 cm³/mol. The van der Waals surface area contributed by atoms with Gasteiger partial charge >= 0.3 is 0 Å². The van der Waals surface area contributed by atoms with Crippen LogP contribution in [0.15, 0.2) is 66.7 Å². The molecule has 0 spiro atoms. The molecule has 0 bridgehead atoms. The Morgan fingerprint density at radius 3 is 2.45 bits per heavy atom. The molecule has 0 N–H and O–H groups in total. The molecule has 4 rings (SSSR count). The molecular formula is C25H24N2O2. The van der Waals surface area contributed by atoms with Crippen LogP contribution in [-0.4, -0.2) is 25.7 Å². The van der Waals surface area contributed by atoms with E-state index in [-0.39, 0.29) is 6.04 Å². The molecule has 146 valence electrons. The summed E-state index contributed by atoms with van der Waals surface area (Å²) in [5, 5.41) is 9.25. The number of nitrogens with zero attached hydrogens (tertiary/aromatic N) is 2. The molecule has 1 aliphatic heterocycles. The average molecular weight is 384 g/mol. The number of ether oxygens (including phenoxy) is 2. The summed E-state index contributed by atoms with van der Waals surface area (Å²) in [6, 6.07) is 25.0. The van der Waals surface area contributed by atoms with Gasteiger partial charge in [-0.3, -0.25) is 4.90 Å². The van der Waals surface area contributed by atoms with Gasteiger partial charge in [-0.2, -0.15) is 5.26 Å². The Morgan fingerprint density at radius 2 is 1.72 bits per heavy atom. The second kappa shape index (κ2) is 8.38. The Morgan fingerprint density at radius 1 is 0.966 bits per heavy atom. The third-order valence-electron chi connectivity index (χ3n) is 5.53. The first-order chi connectivity index (χ1) is 14.2. The lowest BCUT2D eigenvalue weighted by molar-refractivity contribution is 0.203. The zero-order valence-electron chi connectivity index (χ0n) is 16.8. The Hall–Kier alpha value is -3.29. The fraction of sp³-hybridized carbons (Fsp3) is 0.240. The highest BCUT2D eigenvalue weighted by Crippen LogP contribution is 2.41. The summed E-state index contributed by atoms with van der Waals surface area (Å²) in [5.41, 5.74) is 5.63. The number of benzene rings is 3. The lowest BCUT2D eigenvalue weighted by atomic mass is 9.87. The predicted octanol–water partition coefficient (Wildman–Crippen LogP) is 4.72. The number of rotatable bonds is 5. The van der Waals surface area contributed by atoms with Crippen LogP contribution < -0.4 is 9.47 Å². The molecule has 1 unspecified atom stereocenters. The van der Waals surface area contributed by atoms with E-state index < -0.39 is 0 Å². The molecule has 29 heavy (non-hydrogen) atoms. The quantitative estimate of drug-likeness (QED) is 0.638. The molecule has 1 aliphatic rings. The largest absolute Gasteiger partial charge is 0.493 e. The van der Waals surface area contributed by atoms with Crippen molar-refractivity contribution in [2.75, 3.05) is 20.8 Å². The van der Waals surface area contributed by atoms with Crippen LogP contribution >= 0.6 is 0 Å². The molecule has 0 saturated carbocycles. The number of hydrogen-bond acceptors (Lipinski definition) is 4. The van der Waals surface area contributed by atoms with Crippen molar-refractivity contribution in [3.05, 3.63) is 94.5 Å². The molecule has 3 aromatic rings. The van der Waals surface area contributed by atoms with Crippen LogP contribution in [-0.2, 0) is 13.0 Å². The lowest BCUT2D eigenvalue weighted by Gasteiger charge is -2.38. The first-order valence-corrected chi connectivity index (χ1v) is 9.76. The van der Waals surface area contributed by atoms with Crippen molar-refractivity contribution in [3.63, 3.8) is 0 Å². The monoisotopic (exact) mass is 384 g/mol. The Kier molecular flexibility index (Phi) is 5.50. The van der Waals surface area contributed by atoms with Gasteiger partial charge in [0.1, 0.15) is 0 Å². The van der Waals surface area contributed by atoms with Gasteiger partial charge in [-0.25, -0.2) is 0 Å². The van der Waals surface area contributed by atoms with Crippen LogP contribution in [0.4, 0.5) is 0 Å². The number of fused-ring (bicyclic) bond motifs is 1. The van der Waals surface area contributed by atoms with Crippen molar-refractivity contribution in [3.8, 4) is 17.6 Å². The minimum absolute atomic E-state index is 0.116. The maximum absolute atomic E-state index is 9.25. The molecule has 3 aromatic carbocycles. The van der Waals surface area contributed by atoms with Gasteiger partial charge in [-0.15, -0.1) is 0 Å². The molecule has 4 heteroatoms. The highest BCUT2D eigenvalue weighted by atomic mass is 16.5. The Balaban J connectivity index is 1.78. The van der Waals surface area contributed by atoms with E-state index in [0.29, 0.717) is 5.56 Å². The summed E-state index contributed by atoms with van der Waals surface area (Å²) in [4.78, 5) is 2.47. The molecule has 4 nitrogen and oxygen atoms in total. The molecule has 1 heterocycles. The second-order valence-corrected chi connectivity index (χ2v) is 7.25. The molecular weight excluding hydrogens is 360 g/mol. The Bertz CT molecular complexity index is 1040. The number of nitriles is 1. The SMILES string of the molecule is COc1cc2c(cc1OC)C(c1ccccc1)N(Cc1cccc(C#N)c1)CC2. The van der Waals surface area contributed by atoms with E-state index in [9.17, 15) is 5.26 Å². The highest BCUT2D eigenvalue weighted by molar-refractivity contribution is 5.51. The van der Waals surface area contributed by atoms with Gasteiger partial charge < -0.3 is 9.47 Å². The minimum atomic E-state index is 0.116. The zero-order valence-corrected chi connectivity index (χ0v) is 16.8. The minimum Gasteiger partial charge on any atom is -0.493 e. The van der Waals surface area contributed by atoms with Crippen LogP contribution in [0.1, 0.15) is 33.9 Å². The molecule has 0 saturated heterocycles. The number of methoxy groups -OCH3 is 2. The Labute approximate surface area is 171 Å². The van der Waals surface area contributed by atoms with E-state index in [4.69, 9.17) is 9.47 Å². The zero-order chi connectivity index (χ0) is 20.2. The second-order valence-electron chi connectivity index (χ2n) is 7.25. The van der Waals surface area contributed by atoms with E-state index in [1.165, 1.54) is 16.7 Å². The first kappa shape index (κ1) is 19.0. The van der Waals surface area contributed by atoms with E-state index in [1.54, 1.807) is 14.2 Å². The van der Waals surface area contributed by atoms with E-state index in [0.717, 1.165) is 36.6 Å². The number of hydrogen-bond donors (Lipinski definition) is 0. The smallest absolute Gasteiger partial charge is 0.161 e. The van der Waals surface area contributed by atoms with Crippen LogP contribution in [0.5, 0.6) is 11.5 Å². The fourth-order valence-corrected chi connectivity index (χ4v) is 4.17. The van der Waals surface area contributed by atoms with Crippen molar-refractivity contribution < 1.29 is 9.47 Å². The summed E-state index contributed by atoms with van der Waals surface area (Å²) in [6.07, 6.45) is 0.941. The van der Waals surface area contributed by atoms with Gasteiger partial charge in [0.05, 0.1) is 31.9 Å². The third-order valence-corrected chi connectivity index (χ3v) is 5.53. The summed E-state index contributed by atoms with van der Waals surface area (Å²) in [5.74, 6) is 1.52. The van der Waals surface area contributed by atoms with Crippen molar-refractivity contribution in [2.45, 2.75) is 19.0 Å². The highest BCUT2D eigenvalue weighted by Gasteiger charge is 2.30. The van der Waals surface area contributed by atoms with Gasteiger partial charge in [0.2, 0.25) is 0 Å². The van der Waals surface area contributed by atoms with Crippen molar-refractivity contribution in [1.29, 1.82) is 5.26 Å². The average Bonchev–Trinajstić information content (AvgIpc) is 2.78. The topological polar surface area (TPSA) is 45.5 Å². The molecule has 0 aliphatic carbocycles. The van der Waals surface area contributed by atoms with Crippen LogP contribution in [0.2, 0.25) is 0 Å². The summed E-state index contributed by atoms with van der Waals surface area (Å²) < 4.78 is 11.1. The maximum atomic E-state index is 9.25. The molecule has 0 radical (unpaired) electrons. The van der Waals surface area contributed by atoms with E-state index in [1.807, 2.05) is 24.3 Å². The van der Waals surface area contributed by atoms with Crippen molar-refractivity contribution >= 4 is 0 Å². The van der Waals surface area contributed by atoms with Gasteiger partial charge in [-0.1, -0.05) is 42.5 Å². The van der Waals surface area contributed by atoms with Gasteiger partial charge in [0, 0.05) is 13.1 Å². The fourth-order valence-electron chi connectivity index (χ4n) is 4.17. The van der Waals surface area contributed by atoms with Gasteiger partial charge in [0.15, 0.2) is 11.5 Å². The molecule has 0 fully saturated rings. The van der Waals surface area contributed by atoms with Crippen LogP contribution in [0.3, 0.4) is 0 Å². The lowest BCUT2D eigenvalue weighted by Crippen LogP contribution is -2.35. The molecule has 0 aromatic heterocycles. The van der Waals surface area contributed by atoms with Crippen molar-refractivity contribution in [1.82, 2.24) is 4.90 Å². The van der Waals surface area contributed by atoms with Crippen LogP contribution in [0.25, 0.3) is 0 Å². The standard InChI is InChI=1S/C25H24N2O2/c1-28-23-14-21-11-12-27(17-19-8-6-7-18(13-19)16-26)25(20-9-4-3-5-10-20)22(21)15-24(23)29-2/h3-10,13-15,25H,11-12,17H2,1-2H3. The normalized spacial score (nSPS) is 16.0. The summed E-state index contributed by atoms with van der Waals surface area (Å²) >= 11 is 0. The maximum Gasteiger partial charge on any atom is 0.161 e. The molecule has 0 amide bonds. The third kappa shape index (κ3) is 3.83. The first-order valence-electron chi connectivity index (χ1n) is 9.76. The summed E-state index contributed by atoms with van der Waals surface area (Å²) in [6.45, 7) is 1.71. The van der Waals surface area contributed by atoms with E-state index >= 15 is 0 Å². The summed E-state index contributed by atoms with van der Waals surface area (Å²) in [7, 11) is 3.35. The van der Waals surface area contributed by atoms with Gasteiger partial charge in [-0.05, 0) is 52.9 Å².